The normalized spacial score (nSPS) is 20.2. The van der Waals surface area contributed by atoms with Gasteiger partial charge in [-0.2, -0.15) is 11.8 Å². The van der Waals surface area contributed by atoms with Gasteiger partial charge in [-0.3, -0.25) is 14.4 Å². The second kappa shape index (κ2) is 6.68. The smallest absolute Gasteiger partial charge is 0.303 e. The molecular weight excluding hydrogens is 292 g/mol. The van der Waals surface area contributed by atoms with E-state index in [0.29, 0.717) is 31.9 Å². The van der Waals surface area contributed by atoms with Crippen molar-refractivity contribution in [1.82, 2.24) is 9.80 Å². The molecule has 1 saturated carbocycles. The van der Waals surface area contributed by atoms with Gasteiger partial charge in [0.05, 0.1) is 12.2 Å². The number of thioether (sulfide) groups is 1. The molecule has 0 radical (unpaired) electrons. The molecular formula is C14H22N2O4S. The van der Waals surface area contributed by atoms with E-state index in [1.165, 1.54) is 11.8 Å². The van der Waals surface area contributed by atoms with Crippen molar-refractivity contribution < 1.29 is 19.5 Å². The Hall–Kier alpha value is -1.24. The molecule has 2 rings (SSSR count). The van der Waals surface area contributed by atoms with E-state index in [-0.39, 0.29) is 23.7 Å². The fourth-order valence-electron chi connectivity index (χ4n) is 2.59. The van der Waals surface area contributed by atoms with Crippen molar-refractivity contribution in [3.63, 3.8) is 0 Å². The minimum Gasteiger partial charge on any atom is -0.481 e. The molecule has 1 N–H and O–H groups in total. The molecule has 6 nitrogen and oxygen atoms in total. The standard InChI is InChI=1S/C14H22N2O4S/c1-11(17)15-4-6-16(7-5-15)12(18)9-21-10-14(2-3-14)8-13(19)20/h2-10H2,1H3,(H,19,20). The number of aliphatic carboxylic acids is 1. The fourth-order valence-corrected chi connectivity index (χ4v) is 3.87. The zero-order valence-corrected chi connectivity index (χ0v) is 13.2. The Morgan fingerprint density at radius 2 is 1.67 bits per heavy atom. The first-order valence-corrected chi connectivity index (χ1v) is 8.40. The molecule has 0 atom stereocenters. The summed E-state index contributed by atoms with van der Waals surface area (Å²) in [5, 5.41) is 8.85. The van der Waals surface area contributed by atoms with E-state index in [0.717, 1.165) is 18.6 Å². The van der Waals surface area contributed by atoms with Crippen molar-refractivity contribution in [2.75, 3.05) is 37.7 Å². The molecule has 0 aromatic heterocycles. The number of carboxylic acids is 1. The lowest BCUT2D eigenvalue weighted by Crippen LogP contribution is -2.50. The maximum atomic E-state index is 12.1. The number of hydrogen-bond donors (Lipinski definition) is 1. The van der Waals surface area contributed by atoms with E-state index >= 15 is 0 Å². The number of carboxylic acid groups (broad SMARTS) is 1. The monoisotopic (exact) mass is 314 g/mol. The minimum atomic E-state index is -0.750. The van der Waals surface area contributed by atoms with Crippen LogP contribution in [-0.2, 0) is 14.4 Å². The molecule has 118 valence electrons. The molecule has 0 aromatic carbocycles. The average molecular weight is 314 g/mol. The molecule has 0 bridgehead atoms. The highest BCUT2D eigenvalue weighted by molar-refractivity contribution is 7.99. The van der Waals surface area contributed by atoms with E-state index in [9.17, 15) is 14.4 Å². The van der Waals surface area contributed by atoms with Gasteiger partial charge in [0.1, 0.15) is 0 Å². The van der Waals surface area contributed by atoms with Gasteiger partial charge in [0, 0.05) is 33.1 Å². The van der Waals surface area contributed by atoms with Gasteiger partial charge in [0.15, 0.2) is 0 Å². The van der Waals surface area contributed by atoms with Gasteiger partial charge in [-0.1, -0.05) is 0 Å². The number of hydrogen-bond acceptors (Lipinski definition) is 4. The van der Waals surface area contributed by atoms with Crippen LogP contribution in [0.2, 0.25) is 0 Å². The molecule has 1 aliphatic carbocycles. The maximum Gasteiger partial charge on any atom is 0.303 e. The van der Waals surface area contributed by atoms with Crippen molar-refractivity contribution in [2.45, 2.75) is 26.2 Å². The molecule has 21 heavy (non-hydrogen) atoms. The lowest BCUT2D eigenvalue weighted by molar-refractivity contribution is -0.138. The van der Waals surface area contributed by atoms with Crippen LogP contribution in [-0.4, -0.2) is 70.4 Å². The van der Waals surface area contributed by atoms with Crippen LogP contribution in [0.5, 0.6) is 0 Å². The van der Waals surface area contributed by atoms with E-state index in [1.54, 1.807) is 16.7 Å². The van der Waals surface area contributed by atoms with Gasteiger partial charge < -0.3 is 14.9 Å². The fraction of sp³-hybridized carbons (Fsp3) is 0.786. The number of nitrogens with zero attached hydrogens (tertiary/aromatic N) is 2. The van der Waals surface area contributed by atoms with Gasteiger partial charge in [0.25, 0.3) is 0 Å². The Morgan fingerprint density at radius 1 is 1.10 bits per heavy atom. The molecule has 0 unspecified atom stereocenters. The topological polar surface area (TPSA) is 77.9 Å². The van der Waals surface area contributed by atoms with Crippen LogP contribution in [0.15, 0.2) is 0 Å². The van der Waals surface area contributed by atoms with Crippen LogP contribution in [0.1, 0.15) is 26.2 Å². The zero-order chi connectivity index (χ0) is 15.5. The first-order valence-electron chi connectivity index (χ1n) is 7.25. The zero-order valence-electron chi connectivity index (χ0n) is 12.3. The third kappa shape index (κ3) is 4.62. The van der Waals surface area contributed by atoms with Crippen LogP contribution in [0.3, 0.4) is 0 Å². The van der Waals surface area contributed by atoms with Crippen molar-refractivity contribution in [1.29, 1.82) is 0 Å². The number of piperazine rings is 1. The number of carbonyl (C=O) groups is 3. The summed E-state index contributed by atoms with van der Waals surface area (Å²) in [5.41, 5.74) is -0.0654. The van der Waals surface area contributed by atoms with Crippen LogP contribution >= 0.6 is 11.8 Å². The summed E-state index contributed by atoms with van der Waals surface area (Å²) in [6, 6.07) is 0. The first kappa shape index (κ1) is 16.1. The second-order valence-corrected chi connectivity index (χ2v) is 6.94. The minimum absolute atomic E-state index is 0.0563. The molecule has 2 fully saturated rings. The van der Waals surface area contributed by atoms with Gasteiger partial charge in [-0.25, -0.2) is 0 Å². The molecule has 0 aromatic rings. The SMILES string of the molecule is CC(=O)N1CCN(C(=O)CSCC2(CC(=O)O)CC2)CC1. The third-order valence-electron chi connectivity index (χ3n) is 4.19. The van der Waals surface area contributed by atoms with Crippen LogP contribution < -0.4 is 0 Å². The molecule has 2 amide bonds. The van der Waals surface area contributed by atoms with Crippen LogP contribution in [0.25, 0.3) is 0 Å². The summed E-state index contributed by atoms with van der Waals surface area (Å²) >= 11 is 1.54. The Bertz CT molecular complexity index is 429. The molecule has 2 aliphatic rings. The summed E-state index contributed by atoms with van der Waals surface area (Å²) in [4.78, 5) is 37.6. The highest BCUT2D eigenvalue weighted by atomic mass is 32.2. The number of carbonyl (C=O) groups excluding carboxylic acids is 2. The Kier molecular flexibility index (Phi) is 5.13. The first-order chi connectivity index (χ1) is 9.92. The quantitative estimate of drug-likeness (QED) is 0.779. The molecule has 1 aliphatic heterocycles. The van der Waals surface area contributed by atoms with Crippen LogP contribution in [0, 0.1) is 5.41 Å². The lowest BCUT2D eigenvalue weighted by atomic mass is 10.1. The molecule has 1 saturated heterocycles. The highest BCUT2D eigenvalue weighted by Crippen LogP contribution is 2.50. The summed E-state index contributed by atoms with van der Waals surface area (Å²) in [6.07, 6.45) is 2.13. The average Bonchev–Trinajstić information content (AvgIpc) is 3.17. The Morgan fingerprint density at radius 3 is 2.14 bits per heavy atom. The number of amides is 2. The van der Waals surface area contributed by atoms with E-state index in [4.69, 9.17) is 5.11 Å². The van der Waals surface area contributed by atoms with Crippen molar-refractivity contribution in [2.24, 2.45) is 5.41 Å². The lowest BCUT2D eigenvalue weighted by Gasteiger charge is -2.34. The predicted molar refractivity (Wildman–Crippen MR) is 80.1 cm³/mol. The van der Waals surface area contributed by atoms with Gasteiger partial charge >= 0.3 is 5.97 Å². The van der Waals surface area contributed by atoms with Gasteiger partial charge in [-0.05, 0) is 24.0 Å². The third-order valence-corrected chi connectivity index (χ3v) is 5.46. The van der Waals surface area contributed by atoms with Crippen LogP contribution in [0.4, 0.5) is 0 Å². The summed E-state index contributed by atoms with van der Waals surface area (Å²) in [6.45, 7) is 3.95. The van der Waals surface area contributed by atoms with Gasteiger partial charge in [0.2, 0.25) is 11.8 Å². The van der Waals surface area contributed by atoms with E-state index < -0.39 is 5.97 Å². The van der Waals surface area contributed by atoms with Crippen molar-refractivity contribution in [3.8, 4) is 0 Å². The summed E-state index contributed by atoms with van der Waals surface area (Å²) in [5.74, 6) is 0.551. The summed E-state index contributed by atoms with van der Waals surface area (Å²) in [7, 11) is 0. The largest absolute Gasteiger partial charge is 0.481 e. The van der Waals surface area contributed by atoms with Gasteiger partial charge in [-0.15, -0.1) is 0 Å². The molecule has 7 heteroatoms. The summed E-state index contributed by atoms with van der Waals surface area (Å²) < 4.78 is 0. The van der Waals surface area contributed by atoms with Crippen molar-refractivity contribution in [3.05, 3.63) is 0 Å². The molecule has 1 heterocycles. The predicted octanol–water partition coefficient (Wildman–Crippen LogP) is 0.665. The Balaban J connectivity index is 1.66. The highest BCUT2D eigenvalue weighted by Gasteiger charge is 2.44. The number of rotatable bonds is 6. The Labute approximate surface area is 128 Å². The van der Waals surface area contributed by atoms with Crippen molar-refractivity contribution >= 4 is 29.5 Å². The second-order valence-electron chi connectivity index (χ2n) is 5.95. The maximum absolute atomic E-state index is 12.1. The van der Waals surface area contributed by atoms with E-state index in [1.807, 2.05) is 0 Å². The molecule has 0 spiro atoms. The van der Waals surface area contributed by atoms with E-state index in [2.05, 4.69) is 0 Å².